The third-order valence-corrected chi connectivity index (χ3v) is 3.11. The Morgan fingerprint density at radius 3 is 2.42 bits per heavy atom. The molecule has 0 spiro atoms. The van der Waals surface area contributed by atoms with Crippen LogP contribution in [0.1, 0.15) is 12.8 Å². The molecule has 3 N–H and O–H groups in total. The number of nitrogens with two attached hydrogens (primary N) is 1. The smallest absolute Gasteiger partial charge is 0.0720 e. The normalized spacial score (nSPS) is 10.7. The van der Waals surface area contributed by atoms with E-state index < -0.39 is 0 Å². The molecule has 0 amide bonds. The number of methoxy groups -OCH3 is 1. The van der Waals surface area contributed by atoms with Gasteiger partial charge in [0.1, 0.15) is 0 Å². The van der Waals surface area contributed by atoms with Gasteiger partial charge >= 0.3 is 0 Å². The number of rotatable bonds is 9. The fourth-order valence-electron chi connectivity index (χ4n) is 1.55. The van der Waals surface area contributed by atoms with E-state index in [1.165, 1.54) is 0 Å². The zero-order valence-electron chi connectivity index (χ0n) is 11.0. The maximum absolute atomic E-state index is 6.07. The highest BCUT2D eigenvalue weighted by molar-refractivity contribution is 6.39. The summed E-state index contributed by atoms with van der Waals surface area (Å²) in [5.74, 6) is 0. The topological polar surface area (TPSA) is 56.5 Å². The van der Waals surface area contributed by atoms with Crippen LogP contribution >= 0.6 is 23.2 Å². The lowest BCUT2D eigenvalue weighted by molar-refractivity contribution is 0.0691. The van der Waals surface area contributed by atoms with Crippen LogP contribution in [0.2, 0.25) is 10.0 Å². The van der Waals surface area contributed by atoms with Gasteiger partial charge in [-0.3, -0.25) is 0 Å². The van der Waals surface area contributed by atoms with Crippen LogP contribution in [0.4, 0.5) is 11.4 Å². The zero-order valence-corrected chi connectivity index (χ0v) is 12.6. The molecule has 0 unspecified atom stereocenters. The second kappa shape index (κ2) is 9.26. The van der Waals surface area contributed by atoms with Gasteiger partial charge in [-0.05, 0) is 25.0 Å². The summed E-state index contributed by atoms with van der Waals surface area (Å²) in [5.41, 5.74) is 6.94. The molecule has 0 aromatic heterocycles. The van der Waals surface area contributed by atoms with E-state index in [2.05, 4.69) is 5.32 Å². The molecule has 0 saturated carbocycles. The van der Waals surface area contributed by atoms with Crippen LogP contribution in [0.3, 0.4) is 0 Å². The lowest BCUT2D eigenvalue weighted by atomic mass is 10.2. The van der Waals surface area contributed by atoms with Gasteiger partial charge in [-0.2, -0.15) is 0 Å². The Bertz CT molecular complexity index is 366. The Morgan fingerprint density at radius 1 is 1.11 bits per heavy atom. The fourth-order valence-corrected chi connectivity index (χ4v) is 2.19. The van der Waals surface area contributed by atoms with E-state index in [-0.39, 0.29) is 0 Å². The van der Waals surface area contributed by atoms with Crippen molar-refractivity contribution in [3.63, 3.8) is 0 Å². The Morgan fingerprint density at radius 2 is 1.79 bits per heavy atom. The Labute approximate surface area is 124 Å². The third-order valence-electron chi connectivity index (χ3n) is 2.51. The number of hydrogen-bond donors (Lipinski definition) is 2. The van der Waals surface area contributed by atoms with Crippen molar-refractivity contribution in [2.45, 2.75) is 12.8 Å². The average Bonchev–Trinajstić information content (AvgIpc) is 2.35. The minimum atomic E-state index is 0.543. The van der Waals surface area contributed by atoms with E-state index >= 15 is 0 Å². The number of nitrogens with one attached hydrogen (secondary N) is 1. The summed E-state index contributed by atoms with van der Waals surface area (Å²) in [7, 11) is 1.66. The average molecular weight is 307 g/mol. The quantitative estimate of drug-likeness (QED) is 0.542. The molecule has 0 aliphatic carbocycles. The molecule has 1 aromatic carbocycles. The zero-order chi connectivity index (χ0) is 14.1. The summed E-state index contributed by atoms with van der Waals surface area (Å²) in [4.78, 5) is 0. The number of nitrogen functional groups attached to an aromatic ring is 1. The van der Waals surface area contributed by atoms with Crippen molar-refractivity contribution in [2.75, 3.05) is 44.5 Å². The molecule has 0 saturated heterocycles. The van der Waals surface area contributed by atoms with Crippen LogP contribution in [0.5, 0.6) is 0 Å². The fraction of sp³-hybridized carbons (Fsp3) is 0.538. The monoisotopic (exact) mass is 306 g/mol. The Hall–Kier alpha value is -0.680. The number of halogens is 2. The van der Waals surface area contributed by atoms with E-state index in [9.17, 15) is 0 Å². The molecule has 1 rings (SSSR count). The van der Waals surface area contributed by atoms with Crippen molar-refractivity contribution in [1.82, 2.24) is 0 Å². The highest BCUT2D eigenvalue weighted by atomic mass is 35.5. The van der Waals surface area contributed by atoms with Gasteiger partial charge in [-0.25, -0.2) is 0 Å². The Kier molecular flexibility index (Phi) is 7.98. The molecule has 19 heavy (non-hydrogen) atoms. The van der Waals surface area contributed by atoms with Gasteiger partial charge in [0.25, 0.3) is 0 Å². The summed E-state index contributed by atoms with van der Waals surface area (Å²) in [5, 5.41) is 4.30. The second-order valence-electron chi connectivity index (χ2n) is 4.10. The van der Waals surface area contributed by atoms with Crippen molar-refractivity contribution < 1.29 is 9.47 Å². The highest BCUT2D eigenvalue weighted by Gasteiger charge is 2.06. The van der Waals surface area contributed by atoms with Crippen LogP contribution < -0.4 is 11.1 Å². The first-order valence-electron chi connectivity index (χ1n) is 6.20. The van der Waals surface area contributed by atoms with Gasteiger partial charge in [0, 0.05) is 25.9 Å². The summed E-state index contributed by atoms with van der Waals surface area (Å²) in [6, 6.07) is 3.37. The molecule has 0 bridgehead atoms. The van der Waals surface area contributed by atoms with Crippen LogP contribution in [-0.2, 0) is 9.47 Å². The van der Waals surface area contributed by atoms with Gasteiger partial charge in [0.2, 0.25) is 0 Å². The minimum absolute atomic E-state index is 0.543. The van der Waals surface area contributed by atoms with E-state index in [1.807, 2.05) is 0 Å². The Balaban J connectivity index is 2.19. The number of anilines is 2. The van der Waals surface area contributed by atoms with E-state index in [0.29, 0.717) is 28.9 Å². The summed E-state index contributed by atoms with van der Waals surface area (Å²) in [6.45, 7) is 2.79. The number of unbranched alkanes of at least 4 members (excludes halogenated alkanes) is 1. The second-order valence-corrected chi connectivity index (χ2v) is 4.91. The van der Waals surface area contributed by atoms with Gasteiger partial charge in [-0.1, -0.05) is 23.2 Å². The van der Waals surface area contributed by atoms with Crippen LogP contribution in [-0.4, -0.2) is 33.5 Å². The first kappa shape index (κ1) is 16.4. The molecule has 0 atom stereocenters. The van der Waals surface area contributed by atoms with E-state index in [0.717, 1.165) is 31.7 Å². The predicted molar refractivity (Wildman–Crippen MR) is 81.3 cm³/mol. The summed E-state index contributed by atoms with van der Waals surface area (Å²) >= 11 is 12.1. The lowest BCUT2D eigenvalue weighted by Crippen LogP contribution is -2.07. The van der Waals surface area contributed by atoms with Crippen LogP contribution in [0, 0.1) is 0 Å². The predicted octanol–water partition coefficient (Wildman–Crippen LogP) is 3.43. The molecular formula is C13H20Cl2N2O2. The van der Waals surface area contributed by atoms with Gasteiger partial charge in [-0.15, -0.1) is 0 Å². The number of hydrogen-bond acceptors (Lipinski definition) is 4. The minimum Gasteiger partial charge on any atom is -0.399 e. The molecule has 6 heteroatoms. The molecule has 1 aromatic rings. The van der Waals surface area contributed by atoms with Crippen molar-refractivity contribution in [3.05, 3.63) is 22.2 Å². The summed E-state index contributed by atoms with van der Waals surface area (Å²) < 4.78 is 10.3. The first-order chi connectivity index (χ1) is 9.15. The summed E-state index contributed by atoms with van der Waals surface area (Å²) in [6.07, 6.45) is 1.95. The van der Waals surface area contributed by atoms with Crippen molar-refractivity contribution in [1.29, 1.82) is 0 Å². The molecule has 0 aliphatic rings. The molecule has 0 radical (unpaired) electrons. The van der Waals surface area contributed by atoms with Crippen molar-refractivity contribution in [2.24, 2.45) is 0 Å². The lowest BCUT2D eigenvalue weighted by Gasteiger charge is -2.11. The molecule has 0 fully saturated rings. The SMILES string of the molecule is COCCOCCCCNc1c(Cl)cc(N)cc1Cl. The molecule has 0 heterocycles. The van der Waals surface area contributed by atoms with Gasteiger partial charge in [0.05, 0.1) is 28.9 Å². The first-order valence-corrected chi connectivity index (χ1v) is 6.96. The standard InChI is InChI=1S/C13H20Cl2N2O2/c1-18-6-7-19-5-3-2-4-17-13-11(14)8-10(16)9-12(13)15/h8-9,17H,2-7,16H2,1H3. The number of ether oxygens (including phenoxy) is 2. The van der Waals surface area contributed by atoms with Crippen LogP contribution in [0.25, 0.3) is 0 Å². The van der Waals surface area contributed by atoms with E-state index in [4.69, 9.17) is 38.4 Å². The van der Waals surface area contributed by atoms with Crippen molar-refractivity contribution >= 4 is 34.6 Å². The third kappa shape index (κ3) is 6.34. The van der Waals surface area contributed by atoms with Gasteiger partial charge < -0.3 is 20.5 Å². The van der Waals surface area contributed by atoms with Crippen molar-refractivity contribution in [3.8, 4) is 0 Å². The largest absolute Gasteiger partial charge is 0.399 e. The molecule has 4 nitrogen and oxygen atoms in total. The molecular weight excluding hydrogens is 287 g/mol. The molecule has 108 valence electrons. The maximum Gasteiger partial charge on any atom is 0.0720 e. The highest BCUT2D eigenvalue weighted by Crippen LogP contribution is 2.32. The van der Waals surface area contributed by atoms with E-state index in [1.54, 1.807) is 19.2 Å². The number of benzene rings is 1. The maximum atomic E-state index is 6.07. The molecule has 0 aliphatic heterocycles. The van der Waals surface area contributed by atoms with Crippen LogP contribution in [0.15, 0.2) is 12.1 Å². The van der Waals surface area contributed by atoms with Gasteiger partial charge in [0.15, 0.2) is 0 Å².